The number of amides is 1. The summed E-state index contributed by atoms with van der Waals surface area (Å²) in [6.45, 7) is 2.86. The average Bonchev–Trinajstić information content (AvgIpc) is 3.29. The summed E-state index contributed by atoms with van der Waals surface area (Å²) in [5.74, 6) is 0.679. The third-order valence-electron chi connectivity index (χ3n) is 6.34. The summed E-state index contributed by atoms with van der Waals surface area (Å²) in [6.07, 6.45) is 7.06. The molecule has 2 aromatic heterocycles. The maximum Gasteiger partial charge on any atom is 0.251 e. The number of aromatic nitrogens is 1. The molecule has 0 radical (unpaired) electrons. The van der Waals surface area contributed by atoms with Crippen molar-refractivity contribution in [3.8, 4) is 10.4 Å². The minimum absolute atomic E-state index is 0.0206. The number of pyridine rings is 1. The number of nitrogens with one attached hydrogen (secondary N) is 1. The van der Waals surface area contributed by atoms with Crippen molar-refractivity contribution in [2.24, 2.45) is 5.92 Å². The highest BCUT2D eigenvalue weighted by Crippen LogP contribution is 2.35. The normalized spacial score (nSPS) is 14.6. The number of carbonyl (C=O) groups excluding carboxylic acids is 1. The number of nitrogens with zero attached hydrogens (tertiary/aromatic N) is 2. The van der Waals surface area contributed by atoms with Crippen LogP contribution in [0.15, 0.2) is 79.1 Å². The molecule has 1 aliphatic heterocycles. The van der Waals surface area contributed by atoms with Gasteiger partial charge in [-0.1, -0.05) is 36.4 Å². The Hall–Kier alpha value is -3.18. The number of hydrogen-bond acceptors (Lipinski definition) is 4. The lowest BCUT2D eigenvalue weighted by molar-refractivity contribution is 0.0951. The van der Waals surface area contributed by atoms with E-state index in [0.29, 0.717) is 5.92 Å². The molecular formula is C27H27N3OS. The van der Waals surface area contributed by atoms with Crippen LogP contribution in [-0.4, -0.2) is 30.5 Å². The molecule has 1 fully saturated rings. The van der Waals surface area contributed by atoms with Crippen molar-refractivity contribution in [1.82, 2.24) is 10.3 Å². The van der Waals surface area contributed by atoms with Gasteiger partial charge in [-0.05, 0) is 60.9 Å². The minimum atomic E-state index is 0.0206. The van der Waals surface area contributed by atoms with E-state index < -0.39 is 0 Å². The van der Waals surface area contributed by atoms with Gasteiger partial charge >= 0.3 is 0 Å². The fourth-order valence-electron chi connectivity index (χ4n) is 4.53. The first-order valence-corrected chi connectivity index (χ1v) is 12.1. The number of thiophene rings is 1. The van der Waals surface area contributed by atoms with Gasteiger partial charge in [-0.2, -0.15) is 0 Å². The van der Waals surface area contributed by atoms with Crippen LogP contribution in [0.5, 0.6) is 0 Å². The maximum absolute atomic E-state index is 13.0. The molecule has 5 heteroatoms. The molecule has 0 spiro atoms. The molecule has 0 aliphatic carbocycles. The molecule has 3 heterocycles. The maximum atomic E-state index is 13.0. The summed E-state index contributed by atoms with van der Waals surface area (Å²) in [5, 5.41) is 4.40. The van der Waals surface area contributed by atoms with Crippen molar-refractivity contribution in [2.75, 3.05) is 24.5 Å². The molecule has 4 aromatic rings. The van der Waals surface area contributed by atoms with E-state index >= 15 is 0 Å². The highest BCUT2D eigenvalue weighted by atomic mass is 32.1. The Morgan fingerprint density at radius 1 is 1.00 bits per heavy atom. The molecule has 2 aromatic carbocycles. The summed E-state index contributed by atoms with van der Waals surface area (Å²) >= 11 is 1.74. The van der Waals surface area contributed by atoms with E-state index in [1.165, 1.54) is 15.8 Å². The minimum Gasteiger partial charge on any atom is -0.371 e. The lowest BCUT2D eigenvalue weighted by atomic mass is 9.93. The molecule has 162 valence electrons. The van der Waals surface area contributed by atoms with Crippen LogP contribution in [0.3, 0.4) is 0 Å². The van der Waals surface area contributed by atoms with Gasteiger partial charge in [0.15, 0.2) is 0 Å². The van der Waals surface area contributed by atoms with Crippen LogP contribution in [0.4, 0.5) is 5.69 Å². The first-order valence-electron chi connectivity index (χ1n) is 11.3. The van der Waals surface area contributed by atoms with E-state index in [1.807, 2.05) is 30.6 Å². The van der Waals surface area contributed by atoms with Crippen LogP contribution >= 0.6 is 11.3 Å². The van der Waals surface area contributed by atoms with Crippen LogP contribution in [0, 0.1) is 5.92 Å². The Morgan fingerprint density at radius 2 is 1.75 bits per heavy atom. The zero-order valence-electron chi connectivity index (χ0n) is 18.0. The molecule has 5 rings (SSSR count). The van der Waals surface area contributed by atoms with Crippen LogP contribution in [-0.2, 0) is 0 Å². The Bertz CT molecular complexity index is 1160. The van der Waals surface area contributed by atoms with Crippen LogP contribution in [0.25, 0.3) is 20.5 Å². The number of rotatable bonds is 6. The first kappa shape index (κ1) is 20.7. The van der Waals surface area contributed by atoms with Gasteiger partial charge < -0.3 is 10.2 Å². The Morgan fingerprint density at radius 3 is 2.56 bits per heavy atom. The van der Waals surface area contributed by atoms with Gasteiger partial charge in [0.2, 0.25) is 0 Å². The molecule has 4 nitrogen and oxygen atoms in total. The number of anilines is 1. The lowest BCUT2D eigenvalue weighted by Gasteiger charge is -2.33. The van der Waals surface area contributed by atoms with Crippen molar-refractivity contribution < 1.29 is 4.79 Å². The molecule has 1 N–H and O–H groups in total. The molecule has 0 atom stereocenters. The van der Waals surface area contributed by atoms with E-state index in [0.717, 1.165) is 54.9 Å². The Kier molecular flexibility index (Phi) is 6.17. The average molecular weight is 442 g/mol. The Balaban J connectivity index is 1.18. The van der Waals surface area contributed by atoms with E-state index in [1.54, 1.807) is 11.3 Å². The van der Waals surface area contributed by atoms with Gasteiger partial charge in [0.05, 0.1) is 0 Å². The van der Waals surface area contributed by atoms with Gasteiger partial charge in [-0.3, -0.25) is 9.78 Å². The largest absolute Gasteiger partial charge is 0.371 e. The molecule has 1 aliphatic rings. The zero-order valence-corrected chi connectivity index (χ0v) is 18.9. The van der Waals surface area contributed by atoms with Gasteiger partial charge in [0.1, 0.15) is 0 Å². The van der Waals surface area contributed by atoms with E-state index in [2.05, 4.69) is 63.7 Å². The monoisotopic (exact) mass is 441 g/mol. The topological polar surface area (TPSA) is 45.2 Å². The zero-order chi connectivity index (χ0) is 21.8. The van der Waals surface area contributed by atoms with Crippen molar-refractivity contribution in [1.29, 1.82) is 0 Å². The molecular weight excluding hydrogens is 414 g/mol. The highest BCUT2D eigenvalue weighted by molar-refractivity contribution is 7.22. The van der Waals surface area contributed by atoms with Gasteiger partial charge in [0.25, 0.3) is 5.91 Å². The van der Waals surface area contributed by atoms with E-state index in [9.17, 15) is 4.79 Å². The second kappa shape index (κ2) is 9.53. The van der Waals surface area contributed by atoms with Crippen LogP contribution in [0.1, 0.15) is 29.6 Å². The van der Waals surface area contributed by atoms with Gasteiger partial charge in [-0.25, -0.2) is 0 Å². The predicted molar refractivity (Wildman–Crippen MR) is 133 cm³/mol. The summed E-state index contributed by atoms with van der Waals surface area (Å²) in [4.78, 5) is 20.7. The highest BCUT2D eigenvalue weighted by Gasteiger charge is 2.20. The van der Waals surface area contributed by atoms with Crippen molar-refractivity contribution in [2.45, 2.75) is 19.3 Å². The second-order valence-electron chi connectivity index (χ2n) is 8.37. The van der Waals surface area contributed by atoms with E-state index in [-0.39, 0.29) is 5.91 Å². The molecule has 0 unspecified atom stereocenters. The molecule has 1 amide bonds. The van der Waals surface area contributed by atoms with Gasteiger partial charge in [-0.15, -0.1) is 11.3 Å². The second-order valence-corrected chi connectivity index (χ2v) is 9.46. The van der Waals surface area contributed by atoms with Crippen LogP contribution in [0.2, 0.25) is 0 Å². The number of hydrogen-bond donors (Lipinski definition) is 1. The van der Waals surface area contributed by atoms with Crippen LogP contribution < -0.4 is 10.2 Å². The summed E-state index contributed by atoms with van der Waals surface area (Å²) in [5.41, 5.74) is 3.02. The summed E-state index contributed by atoms with van der Waals surface area (Å²) in [7, 11) is 0. The molecule has 0 saturated carbocycles. The fraction of sp³-hybridized carbons (Fsp3) is 0.259. The summed E-state index contributed by atoms with van der Waals surface area (Å²) in [6, 6.07) is 22.6. The van der Waals surface area contributed by atoms with Gasteiger partial charge in [0, 0.05) is 58.4 Å². The number of fused-ring (bicyclic) bond motifs is 1. The first-order chi connectivity index (χ1) is 15.8. The SMILES string of the molecule is O=C(NCCC1CCN(c2ccncc2)CC1)c1ccccc1-c1cc2ccccc2s1. The third-order valence-corrected chi connectivity index (χ3v) is 7.49. The van der Waals surface area contributed by atoms with Crippen molar-refractivity contribution >= 4 is 33.0 Å². The third kappa shape index (κ3) is 4.53. The van der Waals surface area contributed by atoms with E-state index in [4.69, 9.17) is 0 Å². The predicted octanol–water partition coefficient (Wildman–Crippen LogP) is 6.00. The quantitative estimate of drug-likeness (QED) is 0.399. The van der Waals surface area contributed by atoms with Crippen molar-refractivity contribution in [3.05, 3.63) is 84.7 Å². The number of benzene rings is 2. The fourth-order valence-corrected chi connectivity index (χ4v) is 5.63. The lowest BCUT2D eigenvalue weighted by Crippen LogP contribution is -2.35. The standard InChI is InChI=1S/C27H27N3OS/c31-27(29-16-9-20-12-17-30(18-13-20)22-10-14-28-15-11-22)24-7-3-2-6-23(24)26-19-21-5-1-4-8-25(21)32-26/h1-8,10-11,14-15,19-20H,9,12-13,16-18H2,(H,29,31). The number of carbonyl (C=O) groups is 1. The smallest absolute Gasteiger partial charge is 0.251 e. The molecule has 32 heavy (non-hydrogen) atoms. The van der Waals surface area contributed by atoms with Crippen molar-refractivity contribution in [3.63, 3.8) is 0 Å². The molecule has 1 saturated heterocycles. The number of piperidine rings is 1. The summed E-state index contributed by atoms with van der Waals surface area (Å²) < 4.78 is 1.25. The molecule has 0 bridgehead atoms. The Labute approximate surface area is 192 Å².